The number of nitrogens with two attached hydrogens (primary N) is 1. The molecule has 0 radical (unpaired) electrons. The van der Waals surface area contributed by atoms with Crippen LogP contribution < -0.4 is 10.5 Å². The summed E-state index contributed by atoms with van der Waals surface area (Å²) < 4.78 is 5.42. The molecule has 0 fully saturated rings. The molecule has 80 valence electrons. The fourth-order valence-corrected chi connectivity index (χ4v) is 1.66. The molecule has 1 aromatic rings. The first-order valence-electron chi connectivity index (χ1n) is 5.02. The highest BCUT2D eigenvalue weighted by molar-refractivity contribution is 7.13. The predicted molar refractivity (Wildman–Crippen MR) is 57.4 cm³/mol. The van der Waals surface area contributed by atoms with Crippen molar-refractivity contribution in [2.45, 2.75) is 39.2 Å². The molecule has 14 heavy (non-hydrogen) atoms. The normalized spacial score (nSPS) is 10.4. The molecule has 0 aromatic carbocycles. The maximum atomic E-state index is 5.42. The fourth-order valence-electron chi connectivity index (χ4n) is 1.07. The van der Waals surface area contributed by atoms with Crippen molar-refractivity contribution < 1.29 is 4.74 Å². The Morgan fingerprint density at radius 3 is 2.79 bits per heavy atom. The Morgan fingerprint density at radius 1 is 1.29 bits per heavy atom. The van der Waals surface area contributed by atoms with Crippen LogP contribution in [0.5, 0.6) is 5.19 Å². The van der Waals surface area contributed by atoms with E-state index >= 15 is 0 Å². The second-order valence-electron chi connectivity index (χ2n) is 3.07. The highest BCUT2D eigenvalue weighted by Crippen LogP contribution is 2.17. The van der Waals surface area contributed by atoms with Gasteiger partial charge in [-0.1, -0.05) is 37.5 Å². The lowest BCUT2D eigenvalue weighted by Crippen LogP contribution is -1.96. The summed E-state index contributed by atoms with van der Waals surface area (Å²) in [5.41, 5.74) is 5.41. The minimum Gasteiger partial charge on any atom is -0.469 e. The van der Waals surface area contributed by atoms with E-state index in [-0.39, 0.29) is 0 Å². The molecule has 0 aliphatic carbocycles. The Kier molecular flexibility index (Phi) is 5.47. The molecule has 0 saturated carbocycles. The minimum atomic E-state index is 0.441. The Hall–Kier alpha value is -0.680. The van der Waals surface area contributed by atoms with Gasteiger partial charge in [0, 0.05) is 6.54 Å². The standard InChI is InChI=1S/C9H17N3OS/c1-2-3-4-5-6-13-9-12-11-8(7-10)14-9/h2-7,10H2,1H3. The summed E-state index contributed by atoms with van der Waals surface area (Å²) in [5.74, 6) is 0. The van der Waals surface area contributed by atoms with Crippen molar-refractivity contribution >= 4 is 11.3 Å². The van der Waals surface area contributed by atoms with Gasteiger partial charge in [-0.05, 0) is 6.42 Å². The monoisotopic (exact) mass is 215 g/mol. The Balaban J connectivity index is 2.12. The molecular formula is C9H17N3OS. The predicted octanol–water partition coefficient (Wildman–Crippen LogP) is 1.96. The van der Waals surface area contributed by atoms with Crippen LogP contribution in [0.3, 0.4) is 0 Å². The van der Waals surface area contributed by atoms with Gasteiger partial charge in [0.05, 0.1) is 6.61 Å². The van der Waals surface area contributed by atoms with Crippen molar-refractivity contribution in [2.24, 2.45) is 5.73 Å². The number of nitrogens with zero attached hydrogens (tertiary/aromatic N) is 2. The molecule has 1 rings (SSSR count). The van der Waals surface area contributed by atoms with Crippen LogP contribution in [0.4, 0.5) is 0 Å². The van der Waals surface area contributed by atoms with Gasteiger partial charge in [0.2, 0.25) is 0 Å². The van der Waals surface area contributed by atoms with E-state index < -0.39 is 0 Å². The maximum absolute atomic E-state index is 5.42. The van der Waals surface area contributed by atoms with Crippen molar-refractivity contribution in [2.75, 3.05) is 6.61 Å². The quantitative estimate of drug-likeness (QED) is 0.706. The Morgan fingerprint density at radius 2 is 2.14 bits per heavy atom. The Labute approximate surface area is 88.5 Å². The van der Waals surface area contributed by atoms with E-state index in [9.17, 15) is 0 Å². The van der Waals surface area contributed by atoms with Crippen LogP contribution in [0.25, 0.3) is 0 Å². The molecule has 0 unspecified atom stereocenters. The molecule has 1 heterocycles. The van der Waals surface area contributed by atoms with E-state index in [4.69, 9.17) is 10.5 Å². The zero-order chi connectivity index (χ0) is 10.2. The highest BCUT2D eigenvalue weighted by Gasteiger charge is 2.02. The van der Waals surface area contributed by atoms with Gasteiger partial charge >= 0.3 is 0 Å². The highest BCUT2D eigenvalue weighted by atomic mass is 32.1. The second-order valence-corrected chi connectivity index (χ2v) is 4.10. The molecule has 5 heteroatoms. The number of hydrogen-bond acceptors (Lipinski definition) is 5. The van der Waals surface area contributed by atoms with Crippen LogP contribution in [0.2, 0.25) is 0 Å². The maximum Gasteiger partial charge on any atom is 0.294 e. The van der Waals surface area contributed by atoms with Gasteiger partial charge in [0.1, 0.15) is 5.01 Å². The molecule has 0 spiro atoms. The lowest BCUT2D eigenvalue weighted by atomic mass is 10.2. The molecule has 0 bridgehead atoms. The van der Waals surface area contributed by atoms with Crippen LogP contribution >= 0.6 is 11.3 Å². The number of rotatable bonds is 7. The molecular weight excluding hydrogens is 198 g/mol. The van der Waals surface area contributed by atoms with Gasteiger partial charge in [0.15, 0.2) is 0 Å². The zero-order valence-electron chi connectivity index (χ0n) is 8.53. The first kappa shape index (κ1) is 11.4. The molecule has 0 amide bonds. The average molecular weight is 215 g/mol. The van der Waals surface area contributed by atoms with Gasteiger partial charge < -0.3 is 10.5 Å². The number of ether oxygens (including phenoxy) is 1. The lowest BCUT2D eigenvalue weighted by Gasteiger charge is -2.00. The van der Waals surface area contributed by atoms with Crippen LogP contribution in [0, 0.1) is 0 Å². The van der Waals surface area contributed by atoms with E-state index in [0.717, 1.165) is 18.0 Å². The number of unbranched alkanes of at least 4 members (excludes halogenated alkanes) is 3. The summed E-state index contributed by atoms with van der Waals surface area (Å²) in [7, 11) is 0. The van der Waals surface area contributed by atoms with Crippen molar-refractivity contribution in [1.29, 1.82) is 0 Å². The summed E-state index contributed by atoms with van der Waals surface area (Å²) in [6, 6.07) is 0. The largest absolute Gasteiger partial charge is 0.469 e. The third kappa shape index (κ3) is 4.02. The summed E-state index contributed by atoms with van der Waals surface area (Å²) >= 11 is 1.43. The summed E-state index contributed by atoms with van der Waals surface area (Å²) in [6.45, 7) is 3.37. The molecule has 4 nitrogen and oxygen atoms in total. The molecule has 0 aliphatic heterocycles. The van der Waals surface area contributed by atoms with E-state index in [2.05, 4.69) is 17.1 Å². The summed E-state index contributed by atoms with van der Waals surface area (Å²) in [6.07, 6.45) is 4.83. The summed E-state index contributed by atoms with van der Waals surface area (Å²) in [4.78, 5) is 0. The molecule has 0 aliphatic rings. The zero-order valence-corrected chi connectivity index (χ0v) is 9.35. The van der Waals surface area contributed by atoms with Crippen molar-refractivity contribution in [3.8, 4) is 5.19 Å². The van der Waals surface area contributed by atoms with E-state index in [1.807, 2.05) is 0 Å². The smallest absolute Gasteiger partial charge is 0.294 e. The van der Waals surface area contributed by atoms with E-state index in [1.165, 1.54) is 30.6 Å². The average Bonchev–Trinajstić information content (AvgIpc) is 2.65. The van der Waals surface area contributed by atoms with Crippen molar-refractivity contribution in [3.63, 3.8) is 0 Å². The third-order valence-electron chi connectivity index (χ3n) is 1.85. The number of hydrogen-bond donors (Lipinski definition) is 1. The minimum absolute atomic E-state index is 0.441. The van der Waals surface area contributed by atoms with Crippen LogP contribution in [0.1, 0.15) is 37.6 Å². The first-order chi connectivity index (χ1) is 6.86. The van der Waals surface area contributed by atoms with Crippen LogP contribution in [-0.4, -0.2) is 16.8 Å². The fraction of sp³-hybridized carbons (Fsp3) is 0.778. The van der Waals surface area contributed by atoms with Gasteiger partial charge in [-0.2, -0.15) is 0 Å². The van der Waals surface area contributed by atoms with Gasteiger partial charge in [-0.15, -0.1) is 10.2 Å². The lowest BCUT2D eigenvalue weighted by molar-refractivity contribution is 0.301. The molecule has 0 saturated heterocycles. The first-order valence-corrected chi connectivity index (χ1v) is 5.83. The third-order valence-corrected chi connectivity index (χ3v) is 2.70. The second kappa shape index (κ2) is 6.73. The van der Waals surface area contributed by atoms with Crippen LogP contribution in [0.15, 0.2) is 0 Å². The Bertz CT molecular complexity index is 252. The van der Waals surface area contributed by atoms with Crippen LogP contribution in [-0.2, 0) is 6.54 Å². The number of aromatic nitrogens is 2. The van der Waals surface area contributed by atoms with Crippen molar-refractivity contribution in [3.05, 3.63) is 5.01 Å². The summed E-state index contributed by atoms with van der Waals surface area (Å²) in [5, 5.41) is 9.21. The van der Waals surface area contributed by atoms with E-state index in [1.54, 1.807) is 0 Å². The molecule has 0 atom stereocenters. The van der Waals surface area contributed by atoms with Crippen molar-refractivity contribution in [1.82, 2.24) is 10.2 Å². The van der Waals surface area contributed by atoms with E-state index in [0.29, 0.717) is 11.7 Å². The van der Waals surface area contributed by atoms with Gasteiger partial charge in [-0.25, -0.2) is 0 Å². The molecule has 1 aromatic heterocycles. The molecule has 2 N–H and O–H groups in total. The topological polar surface area (TPSA) is 61.0 Å². The van der Waals surface area contributed by atoms with Gasteiger partial charge in [-0.3, -0.25) is 0 Å². The SMILES string of the molecule is CCCCCCOc1nnc(CN)s1. The van der Waals surface area contributed by atoms with Gasteiger partial charge in [0.25, 0.3) is 5.19 Å².